The second-order valence-electron chi connectivity index (χ2n) is 3.30. The van der Waals surface area contributed by atoms with Gasteiger partial charge in [-0.25, -0.2) is 4.98 Å². The highest BCUT2D eigenvalue weighted by molar-refractivity contribution is 6.30. The van der Waals surface area contributed by atoms with E-state index in [9.17, 15) is 9.90 Å². The van der Waals surface area contributed by atoms with E-state index < -0.39 is 0 Å². The summed E-state index contributed by atoms with van der Waals surface area (Å²) in [7, 11) is 0. The molecule has 1 amide bonds. The fraction of sp³-hybridized carbons (Fsp3) is 0.333. The van der Waals surface area contributed by atoms with Gasteiger partial charge in [0.1, 0.15) is 0 Å². The SMILES string of the molecule is O=C1CC(Cl)CN1c1ncc(Cl)cc1O. The van der Waals surface area contributed by atoms with Crippen LogP contribution in [-0.4, -0.2) is 27.9 Å². The molecule has 0 aliphatic carbocycles. The highest BCUT2D eigenvalue weighted by atomic mass is 35.5. The molecule has 1 N–H and O–H groups in total. The molecular weight excluding hydrogens is 239 g/mol. The molecule has 0 saturated carbocycles. The predicted molar refractivity (Wildman–Crippen MR) is 57.5 cm³/mol. The number of nitrogens with zero attached hydrogens (tertiary/aromatic N) is 2. The summed E-state index contributed by atoms with van der Waals surface area (Å²) in [5, 5.41) is 9.67. The number of hydrogen-bond donors (Lipinski definition) is 1. The van der Waals surface area contributed by atoms with Crippen molar-refractivity contribution >= 4 is 34.9 Å². The van der Waals surface area contributed by atoms with Crippen molar-refractivity contribution in [3.8, 4) is 5.75 Å². The number of aromatic hydroxyl groups is 1. The van der Waals surface area contributed by atoms with Gasteiger partial charge in [0, 0.05) is 25.2 Å². The molecule has 1 atom stereocenters. The van der Waals surface area contributed by atoms with E-state index in [0.29, 0.717) is 11.6 Å². The van der Waals surface area contributed by atoms with E-state index in [0.717, 1.165) is 0 Å². The molecule has 1 aromatic rings. The Morgan fingerprint density at radius 2 is 2.33 bits per heavy atom. The maximum absolute atomic E-state index is 11.5. The molecule has 1 aliphatic rings. The second kappa shape index (κ2) is 3.87. The summed E-state index contributed by atoms with van der Waals surface area (Å²) >= 11 is 11.5. The van der Waals surface area contributed by atoms with Gasteiger partial charge in [-0.05, 0) is 0 Å². The van der Waals surface area contributed by atoms with Crippen LogP contribution in [0.25, 0.3) is 0 Å². The predicted octanol–water partition coefficient (Wildman–Crippen LogP) is 1.78. The van der Waals surface area contributed by atoms with Gasteiger partial charge in [0.15, 0.2) is 11.6 Å². The number of carbonyl (C=O) groups excluding carboxylic acids is 1. The van der Waals surface area contributed by atoms with E-state index >= 15 is 0 Å². The third kappa shape index (κ3) is 2.01. The third-order valence-corrected chi connectivity index (χ3v) is 2.65. The van der Waals surface area contributed by atoms with E-state index in [1.165, 1.54) is 17.2 Å². The summed E-state index contributed by atoms with van der Waals surface area (Å²) in [5.41, 5.74) is 0. The summed E-state index contributed by atoms with van der Waals surface area (Å²) in [4.78, 5) is 16.8. The number of hydrogen-bond acceptors (Lipinski definition) is 3. The van der Waals surface area contributed by atoms with Gasteiger partial charge in [0.25, 0.3) is 0 Å². The van der Waals surface area contributed by atoms with Crippen LogP contribution in [0, 0.1) is 0 Å². The average molecular weight is 247 g/mol. The van der Waals surface area contributed by atoms with Gasteiger partial charge < -0.3 is 5.11 Å². The molecule has 2 heterocycles. The first-order valence-corrected chi connectivity index (χ1v) is 5.18. The first-order chi connectivity index (χ1) is 7.08. The average Bonchev–Trinajstić information content (AvgIpc) is 2.45. The fourth-order valence-electron chi connectivity index (χ4n) is 1.50. The third-order valence-electron chi connectivity index (χ3n) is 2.15. The maximum Gasteiger partial charge on any atom is 0.229 e. The number of aromatic nitrogens is 1. The molecule has 0 bridgehead atoms. The summed E-state index contributed by atoms with van der Waals surface area (Å²) in [6.07, 6.45) is 1.65. The zero-order chi connectivity index (χ0) is 11.0. The molecule has 0 radical (unpaired) electrons. The van der Waals surface area contributed by atoms with Crippen molar-refractivity contribution in [2.45, 2.75) is 11.8 Å². The highest BCUT2D eigenvalue weighted by Gasteiger charge is 2.31. The Morgan fingerprint density at radius 3 is 2.87 bits per heavy atom. The lowest BCUT2D eigenvalue weighted by Gasteiger charge is -2.15. The van der Waals surface area contributed by atoms with Gasteiger partial charge in [0.05, 0.1) is 10.4 Å². The van der Waals surface area contributed by atoms with Gasteiger partial charge >= 0.3 is 0 Å². The molecule has 1 fully saturated rings. The van der Waals surface area contributed by atoms with Crippen molar-refractivity contribution in [1.29, 1.82) is 0 Å². The molecule has 1 unspecified atom stereocenters. The van der Waals surface area contributed by atoms with Crippen LogP contribution in [0.3, 0.4) is 0 Å². The zero-order valence-corrected chi connectivity index (χ0v) is 9.16. The van der Waals surface area contributed by atoms with Crippen molar-refractivity contribution in [3.63, 3.8) is 0 Å². The number of alkyl halides is 1. The Hall–Kier alpha value is -1.00. The van der Waals surface area contributed by atoms with Crippen molar-refractivity contribution in [2.24, 2.45) is 0 Å². The lowest BCUT2D eigenvalue weighted by molar-refractivity contribution is -0.117. The van der Waals surface area contributed by atoms with E-state index in [-0.39, 0.29) is 29.3 Å². The molecule has 15 heavy (non-hydrogen) atoms. The minimum Gasteiger partial charge on any atom is -0.504 e. The van der Waals surface area contributed by atoms with Crippen LogP contribution in [0.15, 0.2) is 12.3 Å². The number of rotatable bonds is 1. The summed E-state index contributed by atoms with van der Waals surface area (Å²) in [5.74, 6) is -0.0331. The standard InChI is InChI=1S/C9H8Cl2N2O2/c10-5-1-7(14)9(12-3-5)13-4-6(11)2-8(13)15/h1,3,6,14H,2,4H2. The fourth-order valence-corrected chi connectivity index (χ4v) is 1.92. The van der Waals surface area contributed by atoms with E-state index in [1.807, 2.05) is 0 Å². The number of anilines is 1. The summed E-state index contributed by atoms with van der Waals surface area (Å²) < 4.78 is 0. The summed E-state index contributed by atoms with van der Waals surface area (Å²) in [6.45, 7) is 0.364. The van der Waals surface area contributed by atoms with Gasteiger partial charge in [0.2, 0.25) is 5.91 Å². The lowest BCUT2D eigenvalue weighted by atomic mass is 10.4. The van der Waals surface area contributed by atoms with E-state index in [1.54, 1.807) is 0 Å². The van der Waals surface area contributed by atoms with Gasteiger partial charge in [-0.1, -0.05) is 11.6 Å². The quantitative estimate of drug-likeness (QED) is 0.769. The van der Waals surface area contributed by atoms with Crippen molar-refractivity contribution in [2.75, 3.05) is 11.4 Å². The van der Waals surface area contributed by atoms with Crippen molar-refractivity contribution < 1.29 is 9.90 Å². The van der Waals surface area contributed by atoms with Crippen molar-refractivity contribution in [3.05, 3.63) is 17.3 Å². The maximum atomic E-state index is 11.5. The number of carbonyl (C=O) groups is 1. The molecule has 80 valence electrons. The normalized spacial score (nSPS) is 21.1. The Balaban J connectivity index is 2.34. The molecule has 6 heteroatoms. The second-order valence-corrected chi connectivity index (χ2v) is 4.36. The Morgan fingerprint density at radius 1 is 1.60 bits per heavy atom. The zero-order valence-electron chi connectivity index (χ0n) is 7.65. The first-order valence-electron chi connectivity index (χ1n) is 4.37. The lowest BCUT2D eigenvalue weighted by Crippen LogP contribution is -2.25. The molecule has 4 nitrogen and oxygen atoms in total. The number of halogens is 2. The Bertz CT molecular complexity index is 411. The van der Waals surface area contributed by atoms with Gasteiger partial charge in [-0.2, -0.15) is 0 Å². The van der Waals surface area contributed by atoms with Crippen LogP contribution in [-0.2, 0) is 4.79 Å². The van der Waals surface area contributed by atoms with E-state index in [2.05, 4.69) is 4.98 Å². The minimum absolute atomic E-state index is 0.110. The Labute approximate surface area is 96.4 Å². The first kappa shape index (κ1) is 10.5. The number of amides is 1. The van der Waals surface area contributed by atoms with Crippen LogP contribution < -0.4 is 4.90 Å². The molecular formula is C9H8Cl2N2O2. The van der Waals surface area contributed by atoms with Crippen LogP contribution in [0.4, 0.5) is 5.82 Å². The Kier molecular flexibility index (Phi) is 2.71. The van der Waals surface area contributed by atoms with Gasteiger partial charge in [-0.15, -0.1) is 11.6 Å². The molecule has 0 aromatic carbocycles. The van der Waals surface area contributed by atoms with E-state index in [4.69, 9.17) is 23.2 Å². The van der Waals surface area contributed by atoms with Gasteiger partial charge in [-0.3, -0.25) is 9.69 Å². The molecule has 1 saturated heterocycles. The molecule has 2 rings (SSSR count). The molecule has 1 aromatic heterocycles. The number of pyridine rings is 1. The largest absolute Gasteiger partial charge is 0.504 e. The molecule has 0 spiro atoms. The minimum atomic E-state index is -0.227. The topological polar surface area (TPSA) is 53.4 Å². The van der Waals surface area contributed by atoms with Crippen LogP contribution in [0.1, 0.15) is 6.42 Å². The van der Waals surface area contributed by atoms with Crippen molar-refractivity contribution in [1.82, 2.24) is 4.98 Å². The summed E-state index contributed by atoms with van der Waals surface area (Å²) in [6, 6.07) is 1.35. The monoisotopic (exact) mass is 246 g/mol. The van der Waals surface area contributed by atoms with Crippen LogP contribution in [0.5, 0.6) is 5.75 Å². The smallest absolute Gasteiger partial charge is 0.229 e. The molecule has 1 aliphatic heterocycles. The van der Waals surface area contributed by atoms with Crippen LogP contribution >= 0.6 is 23.2 Å². The van der Waals surface area contributed by atoms with Crippen LogP contribution in [0.2, 0.25) is 5.02 Å². The highest BCUT2D eigenvalue weighted by Crippen LogP contribution is 2.31.